The van der Waals surface area contributed by atoms with Crippen molar-refractivity contribution in [1.82, 2.24) is 5.32 Å². The third-order valence-electron chi connectivity index (χ3n) is 0.802. The van der Waals surface area contributed by atoms with E-state index in [4.69, 9.17) is 0 Å². The summed E-state index contributed by atoms with van der Waals surface area (Å²) in [4.78, 5) is 0. The fourth-order valence-corrected chi connectivity index (χ4v) is 1.29. The van der Waals surface area contributed by atoms with E-state index in [1.165, 1.54) is 11.4 Å². The summed E-state index contributed by atoms with van der Waals surface area (Å²) < 4.78 is 0. The zero-order valence-electron chi connectivity index (χ0n) is 3.62. The molecule has 0 atom stereocenters. The lowest BCUT2D eigenvalue weighted by atomic mass is 10.7. The lowest BCUT2D eigenvalue weighted by molar-refractivity contribution is 0.944. The van der Waals surface area contributed by atoms with Gasteiger partial charge in [0.25, 0.3) is 0 Å². The number of rotatable bonds is 0. The predicted molar refractivity (Wildman–Crippen MR) is 27.7 cm³/mol. The molecule has 0 unspecified atom stereocenters. The molecule has 0 amide bonds. The minimum absolute atomic E-state index is 0.977. The van der Waals surface area contributed by atoms with Crippen LogP contribution in [0.1, 0.15) is 0 Å². The van der Waals surface area contributed by atoms with Gasteiger partial charge in [-0.25, -0.2) is 0 Å². The third kappa shape index (κ3) is 0.625. The van der Waals surface area contributed by atoms with Crippen molar-refractivity contribution in [2.45, 2.75) is 6.04 Å². The van der Waals surface area contributed by atoms with Gasteiger partial charge in [-0.15, -0.1) is 0 Å². The first kappa shape index (κ1) is 3.93. The molecule has 1 aliphatic rings. The Hall–Kier alpha value is -0.243. The Morgan fingerprint density at radius 3 is 2.83 bits per heavy atom. The van der Waals surface area contributed by atoms with Crippen molar-refractivity contribution < 1.29 is 0 Å². The maximum atomic E-state index is 3.76. The SMILES string of the molecule is C=C1NCC[Si]1. The van der Waals surface area contributed by atoms with Gasteiger partial charge in [0, 0.05) is 6.54 Å². The van der Waals surface area contributed by atoms with Crippen LogP contribution in [0.3, 0.4) is 0 Å². The van der Waals surface area contributed by atoms with Gasteiger partial charge < -0.3 is 5.32 Å². The highest BCUT2D eigenvalue weighted by atomic mass is 28.2. The summed E-state index contributed by atoms with van der Waals surface area (Å²) in [7, 11) is 0.977. The van der Waals surface area contributed by atoms with Crippen LogP contribution in [0.5, 0.6) is 0 Å². The number of hydrogen-bond donors (Lipinski definition) is 1. The van der Waals surface area contributed by atoms with E-state index in [0.29, 0.717) is 0 Å². The summed E-state index contributed by atoms with van der Waals surface area (Å²) in [6.45, 7) is 4.91. The zero-order valence-corrected chi connectivity index (χ0v) is 4.62. The van der Waals surface area contributed by atoms with Gasteiger partial charge in [0.05, 0.1) is 0 Å². The van der Waals surface area contributed by atoms with E-state index in [1.54, 1.807) is 0 Å². The van der Waals surface area contributed by atoms with Gasteiger partial charge in [-0.1, -0.05) is 6.58 Å². The Bertz CT molecular complexity index is 61.9. The Labute approximate surface area is 40.3 Å². The van der Waals surface area contributed by atoms with Crippen molar-refractivity contribution in [2.24, 2.45) is 0 Å². The largest absolute Gasteiger partial charge is 0.393 e. The zero-order chi connectivity index (χ0) is 4.41. The van der Waals surface area contributed by atoms with Crippen molar-refractivity contribution in [2.75, 3.05) is 6.54 Å². The van der Waals surface area contributed by atoms with Crippen LogP contribution in [0.15, 0.2) is 11.9 Å². The molecule has 1 N–H and O–H groups in total. The lowest BCUT2D eigenvalue weighted by Crippen LogP contribution is -2.02. The molecule has 0 bridgehead atoms. The molecule has 1 fully saturated rings. The van der Waals surface area contributed by atoms with Gasteiger partial charge in [0.15, 0.2) is 0 Å². The summed E-state index contributed by atoms with van der Waals surface area (Å²) in [5, 5.41) is 4.37. The molecule has 0 spiro atoms. The van der Waals surface area contributed by atoms with Gasteiger partial charge in [-0.05, 0) is 11.4 Å². The number of hydrogen-bond acceptors (Lipinski definition) is 1. The summed E-state index contributed by atoms with van der Waals surface area (Å²) in [5.41, 5.74) is 0. The average molecular weight is 97.2 g/mol. The van der Waals surface area contributed by atoms with Crippen LogP contribution in [0.2, 0.25) is 6.04 Å². The fourth-order valence-electron chi connectivity index (χ4n) is 0.489. The highest BCUT2D eigenvalue weighted by Gasteiger charge is 2.00. The first-order valence-corrected chi connectivity index (χ1v) is 3.27. The molecule has 0 aromatic heterocycles. The molecule has 1 saturated heterocycles. The molecule has 0 aliphatic carbocycles. The van der Waals surface area contributed by atoms with Gasteiger partial charge in [0.1, 0.15) is 9.52 Å². The van der Waals surface area contributed by atoms with E-state index >= 15 is 0 Å². The summed E-state index contributed by atoms with van der Waals surface area (Å²) in [6, 6.07) is 1.30. The molecule has 1 heterocycles. The van der Waals surface area contributed by atoms with Gasteiger partial charge in [-0.3, -0.25) is 0 Å². The van der Waals surface area contributed by atoms with E-state index in [2.05, 4.69) is 11.9 Å². The Kier molecular flexibility index (Phi) is 0.963. The molecule has 1 aliphatic heterocycles. The molecule has 2 heteroatoms. The summed E-state index contributed by atoms with van der Waals surface area (Å²) in [6.07, 6.45) is 0. The summed E-state index contributed by atoms with van der Waals surface area (Å²) >= 11 is 0. The molecule has 32 valence electrons. The Morgan fingerprint density at radius 2 is 2.67 bits per heavy atom. The first-order valence-electron chi connectivity index (χ1n) is 2.06. The van der Waals surface area contributed by atoms with Crippen LogP contribution >= 0.6 is 0 Å². The highest BCUT2D eigenvalue weighted by molar-refractivity contribution is 6.46. The van der Waals surface area contributed by atoms with E-state index in [0.717, 1.165) is 16.1 Å². The molecule has 0 aromatic carbocycles. The van der Waals surface area contributed by atoms with Gasteiger partial charge in [-0.2, -0.15) is 0 Å². The van der Waals surface area contributed by atoms with Crippen molar-refractivity contribution >= 4 is 9.52 Å². The normalized spacial score (nSPS) is 21.0. The van der Waals surface area contributed by atoms with E-state index in [1.807, 2.05) is 0 Å². The predicted octanol–water partition coefficient (Wildman–Crippen LogP) is 0.183. The number of nitrogens with one attached hydrogen (secondary N) is 1. The van der Waals surface area contributed by atoms with Crippen molar-refractivity contribution in [3.05, 3.63) is 11.9 Å². The molecule has 0 aromatic rings. The van der Waals surface area contributed by atoms with E-state index in [9.17, 15) is 0 Å². The minimum atomic E-state index is 0.977. The van der Waals surface area contributed by atoms with Crippen LogP contribution in [-0.2, 0) is 0 Å². The maximum absolute atomic E-state index is 3.76. The minimum Gasteiger partial charge on any atom is -0.393 e. The monoisotopic (exact) mass is 97.0 g/mol. The van der Waals surface area contributed by atoms with Crippen LogP contribution in [0, 0.1) is 0 Å². The second-order valence-electron chi connectivity index (χ2n) is 1.33. The smallest absolute Gasteiger partial charge is 0.105 e. The third-order valence-corrected chi connectivity index (χ3v) is 1.91. The molecule has 1 rings (SSSR count). The standard InChI is InChI=1S/C4H7NSi/c1-4-5-2-3-6-4/h5H,1-3H2. The Balaban J connectivity index is 2.37. The second kappa shape index (κ2) is 1.47. The molecule has 2 radical (unpaired) electrons. The van der Waals surface area contributed by atoms with Crippen molar-refractivity contribution in [1.29, 1.82) is 0 Å². The van der Waals surface area contributed by atoms with Gasteiger partial charge in [0.2, 0.25) is 0 Å². The topological polar surface area (TPSA) is 12.0 Å². The maximum Gasteiger partial charge on any atom is 0.105 e. The van der Waals surface area contributed by atoms with Crippen molar-refractivity contribution in [3.63, 3.8) is 0 Å². The molecule has 0 saturated carbocycles. The fraction of sp³-hybridized carbons (Fsp3) is 0.500. The average Bonchev–Trinajstić information content (AvgIpc) is 1.86. The highest BCUT2D eigenvalue weighted by Crippen LogP contribution is 1.93. The quantitative estimate of drug-likeness (QED) is 0.425. The second-order valence-corrected chi connectivity index (χ2v) is 2.79. The molecular formula is C4H7NSi. The van der Waals surface area contributed by atoms with Crippen LogP contribution in [-0.4, -0.2) is 16.1 Å². The Morgan fingerprint density at radius 1 is 1.83 bits per heavy atom. The van der Waals surface area contributed by atoms with E-state index in [-0.39, 0.29) is 0 Å². The van der Waals surface area contributed by atoms with Crippen LogP contribution in [0.4, 0.5) is 0 Å². The molecule has 1 nitrogen and oxygen atoms in total. The van der Waals surface area contributed by atoms with E-state index < -0.39 is 0 Å². The van der Waals surface area contributed by atoms with Crippen molar-refractivity contribution in [3.8, 4) is 0 Å². The van der Waals surface area contributed by atoms with Gasteiger partial charge >= 0.3 is 0 Å². The van der Waals surface area contributed by atoms with Crippen LogP contribution < -0.4 is 5.32 Å². The lowest BCUT2D eigenvalue weighted by Gasteiger charge is -1.87. The first-order chi connectivity index (χ1) is 2.89. The molecular weight excluding hydrogens is 90.1 g/mol. The van der Waals surface area contributed by atoms with Crippen LogP contribution in [0.25, 0.3) is 0 Å². The summed E-state index contributed by atoms with van der Waals surface area (Å²) in [5.74, 6) is 0. The molecule has 6 heavy (non-hydrogen) atoms.